The maximum absolute atomic E-state index is 12.7. The maximum atomic E-state index is 12.7. The molecular formula is C18H15N2O4S-. The number of pyridine rings is 1. The van der Waals surface area contributed by atoms with Crippen molar-refractivity contribution in [2.24, 2.45) is 0 Å². The van der Waals surface area contributed by atoms with Crippen molar-refractivity contribution in [1.82, 2.24) is 9.88 Å². The zero-order valence-corrected chi connectivity index (χ0v) is 14.2. The molecule has 0 unspecified atom stereocenters. The Hall–Kier alpha value is -2.67. The van der Waals surface area contributed by atoms with E-state index in [0.717, 1.165) is 17.3 Å². The molecule has 0 radical (unpaired) electrons. The summed E-state index contributed by atoms with van der Waals surface area (Å²) >= 11 is 0.990. The largest absolute Gasteiger partial charge is 0.545 e. The van der Waals surface area contributed by atoms with E-state index >= 15 is 0 Å². The van der Waals surface area contributed by atoms with Gasteiger partial charge in [0.25, 0.3) is 0 Å². The van der Waals surface area contributed by atoms with Crippen LogP contribution >= 0.6 is 11.8 Å². The molecule has 1 saturated heterocycles. The van der Waals surface area contributed by atoms with E-state index in [1.165, 1.54) is 23.2 Å². The molecule has 3 rings (SSSR count). The second kappa shape index (κ2) is 7.06. The van der Waals surface area contributed by atoms with Crippen LogP contribution < -0.4 is 5.11 Å². The lowest BCUT2D eigenvalue weighted by molar-refractivity contribution is -0.255. The first kappa shape index (κ1) is 17.2. The van der Waals surface area contributed by atoms with Crippen molar-refractivity contribution in [2.45, 2.75) is 29.7 Å². The van der Waals surface area contributed by atoms with E-state index in [1.807, 2.05) is 30.3 Å². The molecule has 0 saturated carbocycles. The van der Waals surface area contributed by atoms with E-state index in [1.54, 1.807) is 6.92 Å². The Morgan fingerprint density at radius 1 is 1.24 bits per heavy atom. The summed E-state index contributed by atoms with van der Waals surface area (Å²) in [7, 11) is 0. The SMILES string of the molecule is C[C@@H](c1ccccc1)N1C(=O)C[C@H](Sc2ncccc2C(=O)[O-])C1=O. The van der Waals surface area contributed by atoms with Crippen LogP contribution in [-0.4, -0.2) is 32.9 Å². The number of imide groups is 1. The molecule has 0 aliphatic carbocycles. The van der Waals surface area contributed by atoms with Crippen molar-refractivity contribution in [1.29, 1.82) is 0 Å². The van der Waals surface area contributed by atoms with Crippen molar-refractivity contribution in [3.63, 3.8) is 0 Å². The Bertz CT molecular complexity index is 825. The fourth-order valence-electron chi connectivity index (χ4n) is 2.78. The molecule has 0 N–H and O–H groups in total. The average Bonchev–Trinajstić information content (AvgIpc) is 2.89. The van der Waals surface area contributed by atoms with Crippen LogP contribution in [0.4, 0.5) is 0 Å². The number of aromatic carboxylic acids is 1. The molecule has 128 valence electrons. The van der Waals surface area contributed by atoms with E-state index < -0.39 is 11.2 Å². The molecule has 0 spiro atoms. The monoisotopic (exact) mass is 355 g/mol. The predicted octanol–water partition coefficient (Wildman–Crippen LogP) is 1.43. The molecule has 0 bridgehead atoms. The van der Waals surface area contributed by atoms with Crippen molar-refractivity contribution in [2.75, 3.05) is 0 Å². The lowest BCUT2D eigenvalue weighted by atomic mass is 10.1. The molecule has 1 fully saturated rings. The van der Waals surface area contributed by atoms with E-state index in [9.17, 15) is 19.5 Å². The number of benzene rings is 1. The Kier molecular flexibility index (Phi) is 4.85. The summed E-state index contributed by atoms with van der Waals surface area (Å²) in [6, 6.07) is 11.8. The zero-order valence-electron chi connectivity index (χ0n) is 13.4. The highest BCUT2D eigenvalue weighted by Crippen LogP contribution is 2.35. The van der Waals surface area contributed by atoms with Crippen LogP contribution in [0, 0.1) is 0 Å². The van der Waals surface area contributed by atoms with Gasteiger partial charge in [0.15, 0.2) is 0 Å². The topological polar surface area (TPSA) is 90.4 Å². The Balaban J connectivity index is 1.81. The number of carbonyl (C=O) groups is 3. The van der Waals surface area contributed by atoms with E-state index in [2.05, 4.69) is 4.98 Å². The number of carboxylic acids is 1. The third-order valence-corrected chi connectivity index (χ3v) is 5.26. The normalized spacial score (nSPS) is 18.4. The highest BCUT2D eigenvalue weighted by molar-refractivity contribution is 8.00. The van der Waals surface area contributed by atoms with Crippen molar-refractivity contribution in [3.05, 3.63) is 59.8 Å². The van der Waals surface area contributed by atoms with Gasteiger partial charge in [-0.3, -0.25) is 14.5 Å². The summed E-state index contributed by atoms with van der Waals surface area (Å²) in [6.07, 6.45) is 1.46. The van der Waals surface area contributed by atoms with Crippen LogP contribution in [0.3, 0.4) is 0 Å². The van der Waals surface area contributed by atoms with Crippen LogP contribution in [0.25, 0.3) is 0 Å². The Morgan fingerprint density at radius 2 is 1.96 bits per heavy atom. The van der Waals surface area contributed by atoms with Gasteiger partial charge in [-0.1, -0.05) is 42.1 Å². The number of likely N-dealkylation sites (tertiary alicyclic amines) is 1. The third kappa shape index (κ3) is 3.41. The third-order valence-electron chi connectivity index (χ3n) is 4.06. The first-order valence-corrected chi connectivity index (χ1v) is 8.61. The van der Waals surface area contributed by atoms with Gasteiger partial charge in [0.2, 0.25) is 11.8 Å². The van der Waals surface area contributed by atoms with Gasteiger partial charge >= 0.3 is 0 Å². The van der Waals surface area contributed by atoms with Crippen LogP contribution in [0.2, 0.25) is 0 Å². The molecule has 25 heavy (non-hydrogen) atoms. The number of amides is 2. The quantitative estimate of drug-likeness (QED) is 0.754. The molecule has 1 aliphatic heterocycles. The predicted molar refractivity (Wildman–Crippen MR) is 89.5 cm³/mol. The molecule has 1 aromatic heterocycles. The van der Waals surface area contributed by atoms with Gasteiger partial charge in [0.05, 0.1) is 17.3 Å². The van der Waals surface area contributed by atoms with Crippen LogP contribution in [0.15, 0.2) is 53.7 Å². The van der Waals surface area contributed by atoms with Gasteiger partial charge < -0.3 is 9.90 Å². The number of carbonyl (C=O) groups excluding carboxylic acids is 3. The summed E-state index contributed by atoms with van der Waals surface area (Å²) in [5, 5.41) is 10.7. The maximum Gasteiger partial charge on any atom is 0.243 e. The van der Waals surface area contributed by atoms with E-state index in [4.69, 9.17) is 0 Å². The minimum Gasteiger partial charge on any atom is -0.545 e. The Labute approximate surface area is 148 Å². The van der Waals surface area contributed by atoms with Crippen LogP contribution in [-0.2, 0) is 9.59 Å². The van der Waals surface area contributed by atoms with Gasteiger partial charge in [-0.15, -0.1) is 0 Å². The molecule has 7 heteroatoms. The second-order valence-electron chi connectivity index (χ2n) is 5.64. The minimum absolute atomic E-state index is 0.0176. The van der Waals surface area contributed by atoms with Crippen molar-refractivity contribution in [3.8, 4) is 0 Å². The molecule has 1 aliphatic rings. The molecule has 6 nitrogen and oxygen atoms in total. The zero-order chi connectivity index (χ0) is 18.0. The number of thioether (sulfide) groups is 1. The minimum atomic E-state index is -1.36. The fraction of sp³-hybridized carbons (Fsp3) is 0.222. The molecule has 2 amide bonds. The summed E-state index contributed by atoms with van der Waals surface area (Å²) < 4.78 is 0. The first-order chi connectivity index (χ1) is 12.0. The standard InChI is InChI=1S/C18H16N2O4S/c1-11(12-6-3-2-4-7-12)20-15(21)10-14(17(20)22)25-16-13(18(23)24)8-5-9-19-16/h2-9,11,14H,10H2,1H3,(H,23,24)/p-1/t11-,14-/m0/s1. The van der Waals surface area contributed by atoms with Crippen molar-refractivity contribution < 1.29 is 19.5 Å². The molecule has 2 heterocycles. The van der Waals surface area contributed by atoms with Crippen LogP contribution in [0.5, 0.6) is 0 Å². The van der Waals surface area contributed by atoms with E-state index in [0.29, 0.717) is 0 Å². The summed E-state index contributed by atoms with van der Waals surface area (Å²) in [4.78, 5) is 41.5. The number of hydrogen-bond donors (Lipinski definition) is 0. The van der Waals surface area contributed by atoms with Crippen molar-refractivity contribution >= 4 is 29.5 Å². The van der Waals surface area contributed by atoms with Crippen LogP contribution in [0.1, 0.15) is 35.3 Å². The highest BCUT2D eigenvalue weighted by Gasteiger charge is 2.42. The number of aromatic nitrogens is 1. The second-order valence-corrected chi connectivity index (χ2v) is 6.83. The number of nitrogens with zero attached hydrogens (tertiary/aromatic N) is 2. The molecule has 1 aromatic carbocycles. The highest BCUT2D eigenvalue weighted by atomic mass is 32.2. The lowest BCUT2D eigenvalue weighted by Gasteiger charge is -2.23. The molecular weight excluding hydrogens is 340 g/mol. The summed E-state index contributed by atoms with van der Waals surface area (Å²) in [6.45, 7) is 1.80. The van der Waals surface area contributed by atoms with Gasteiger partial charge in [0, 0.05) is 18.2 Å². The van der Waals surface area contributed by atoms with Gasteiger partial charge in [-0.25, -0.2) is 4.98 Å². The molecule has 2 aromatic rings. The lowest BCUT2D eigenvalue weighted by Crippen LogP contribution is -2.34. The van der Waals surface area contributed by atoms with Gasteiger partial charge in [0.1, 0.15) is 5.03 Å². The smallest absolute Gasteiger partial charge is 0.243 e. The number of carboxylic acid groups (broad SMARTS) is 1. The first-order valence-electron chi connectivity index (χ1n) is 7.73. The average molecular weight is 355 g/mol. The van der Waals surface area contributed by atoms with Gasteiger partial charge in [-0.2, -0.15) is 0 Å². The number of rotatable bonds is 5. The Morgan fingerprint density at radius 3 is 2.64 bits per heavy atom. The van der Waals surface area contributed by atoms with E-state index in [-0.39, 0.29) is 34.9 Å². The summed E-state index contributed by atoms with van der Waals surface area (Å²) in [5.41, 5.74) is 0.783. The molecule has 2 atom stereocenters. The number of hydrogen-bond acceptors (Lipinski definition) is 6. The summed E-state index contributed by atoms with van der Waals surface area (Å²) in [5.74, 6) is -1.96. The van der Waals surface area contributed by atoms with Gasteiger partial charge in [-0.05, 0) is 24.6 Å². The fourth-order valence-corrected chi connectivity index (χ4v) is 3.89.